The van der Waals surface area contributed by atoms with Gasteiger partial charge in [0.1, 0.15) is 11.8 Å². The maximum absolute atomic E-state index is 6.58. The van der Waals surface area contributed by atoms with Crippen LogP contribution >= 0.6 is 0 Å². The van der Waals surface area contributed by atoms with Crippen molar-refractivity contribution in [2.45, 2.75) is 70.3 Å². The highest BCUT2D eigenvalue weighted by molar-refractivity contribution is 6.74. The van der Waals surface area contributed by atoms with Gasteiger partial charge in [0.15, 0.2) is 19.8 Å². The minimum atomic E-state index is -1.72. The molecule has 0 bridgehead atoms. The molecule has 1 aliphatic rings. The third-order valence-electron chi connectivity index (χ3n) is 5.41. The zero-order valence-corrected chi connectivity index (χ0v) is 15.7. The first-order valence-electron chi connectivity index (χ1n) is 8.30. The highest BCUT2D eigenvalue weighted by Crippen LogP contribution is 2.41. The average molecular weight is 334 g/mol. The first kappa shape index (κ1) is 16.4. The van der Waals surface area contributed by atoms with Gasteiger partial charge in [0.2, 0.25) is 0 Å². The third kappa shape index (κ3) is 2.99. The lowest BCUT2D eigenvalue weighted by atomic mass is 10.2. The lowest BCUT2D eigenvalue weighted by molar-refractivity contribution is 0.183. The van der Waals surface area contributed by atoms with Crippen LogP contribution in [0.5, 0.6) is 0 Å². The molecule has 0 spiro atoms. The van der Waals surface area contributed by atoms with Gasteiger partial charge in [-0.3, -0.25) is 0 Å². The Bertz CT molecular complexity index is 706. The largest absolute Gasteiger partial charge is 0.414 e. The van der Waals surface area contributed by atoms with E-state index < -0.39 is 8.32 Å². The fourth-order valence-corrected chi connectivity index (χ4v) is 4.45. The molecule has 2 N–H and O–H groups in total. The number of nitrogens with zero attached hydrogens (tertiary/aromatic N) is 4. The van der Waals surface area contributed by atoms with Crippen LogP contribution in [0.25, 0.3) is 11.2 Å². The maximum atomic E-state index is 6.58. The van der Waals surface area contributed by atoms with E-state index in [0.29, 0.717) is 23.6 Å². The zero-order chi connectivity index (χ0) is 16.8. The Kier molecular flexibility index (Phi) is 3.96. The molecule has 0 amide bonds. The van der Waals surface area contributed by atoms with Crippen LogP contribution in [0.15, 0.2) is 12.7 Å². The van der Waals surface area contributed by atoms with E-state index in [9.17, 15) is 0 Å². The molecule has 23 heavy (non-hydrogen) atoms. The molecule has 0 unspecified atom stereocenters. The highest BCUT2D eigenvalue weighted by atomic mass is 28.4. The molecular weight excluding hydrogens is 306 g/mol. The van der Waals surface area contributed by atoms with Crippen LogP contribution in [0, 0.1) is 0 Å². The SMILES string of the molecule is CC(C)(C)[Si](C)(C)O[C@@H]1CC[C@@H](n2cnc3ncnc(N)c32)C1. The van der Waals surface area contributed by atoms with Gasteiger partial charge in [-0.25, -0.2) is 15.0 Å². The lowest BCUT2D eigenvalue weighted by Gasteiger charge is -2.38. The molecule has 126 valence electrons. The molecule has 0 saturated heterocycles. The van der Waals surface area contributed by atoms with Crippen LogP contribution in [0.2, 0.25) is 18.1 Å². The fraction of sp³-hybridized carbons (Fsp3) is 0.688. The minimum absolute atomic E-state index is 0.241. The smallest absolute Gasteiger partial charge is 0.192 e. The Balaban J connectivity index is 1.77. The van der Waals surface area contributed by atoms with Gasteiger partial charge >= 0.3 is 0 Å². The van der Waals surface area contributed by atoms with Crippen molar-refractivity contribution in [3.63, 3.8) is 0 Å². The van der Waals surface area contributed by atoms with Crippen molar-refractivity contribution in [3.05, 3.63) is 12.7 Å². The second-order valence-corrected chi connectivity index (χ2v) is 12.8. The predicted molar refractivity (Wildman–Crippen MR) is 94.7 cm³/mol. The molecule has 0 aliphatic heterocycles. The molecule has 1 saturated carbocycles. The molecule has 2 heterocycles. The van der Waals surface area contributed by atoms with Gasteiger partial charge in [-0.05, 0) is 37.4 Å². The predicted octanol–water partition coefficient (Wildman–Crippen LogP) is 3.52. The number of rotatable bonds is 3. The van der Waals surface area contributed by atoms with E-state index in [-0.39, 0.29) is 5.04 Å². The number of nitrogen functional groups attached to an aromatic ring is 1. The second-order valence-electron chi connectivity index (χ2n) is 8.05. The van der Waals surface area contributed by atoms with E-state index in [4.69, 9.17) is 10.2 Å². The Labute approximate surface area is 138 Å². The standard InChI is InChI=1S/C16H27N5OSi/c1-16(2,3)23(4,5)22-12-7-6-11(8-12)21-10-20-15-13(21)14(17)18-9-19-15/h9-12H,6-8H2,1-5H3,(H2,17,18,19)/t11-,12-/m1/s1. The van der Waals surface area contributed by atoms with E-state index in [0.717, 1.165) is 24.8 Å². The summed E-state index contributed by atoms with van der Waals surface area (Å²) >= 11 is 0. The summed E-state index contributed by atoms with van der Waals surface area (Å²) in [5, 5.41) is 0.241. The normalized spacial score (nSPS) is 22.8. The van der Waals surface area contributed by atoms with Crippen LogP contribution < -0.4 is 5.73 Å². The van der Waals surface area contributed by atoms with Crippen LogP contribution in [-0.4, -0.2) is 33.9 Å². The summed E-state index contributed by atoms with van der Waals surface area (Å²) in [7, 11) is -1.72. The maximum Gasteiger partial charge on any atom is 0.192 e. The van der Waals surface area contributed by atoms with Gasteiger partial charge in [0.25, 0.3) is 0 Å². The Morgan fingerprint density at radius 3 is 2.65 bits per heavy atom. The first-order valence-corrected chi connectivity index (χ1v) is 11.2. The van der Waals surface area contributed by atoms with Crippen LogP contribution in [0.1, 0.15) is 46.1 Å². The molecule has 1 aliphatic carbocycles. The Morgan fingerprint density at radius 2 is 1.96 bits per heavy atom. The summed E-state index contributed by atoms with van der Waals surface area (Å²) in [6, 6.07) is 0.364. The molecule has 6 nitrogen and oxygen atoms in total. The molecule has 1 fully saturated rings. The molecule has 3 rings (SSSR count). The summed E-state index contributed by atoms with van der Waals surface area (Å²) in [4.78, 5) is 12.7. The fourth-order valence-electron chi connectivity index (χ4n) is 3.05. The summed E-state index contributed by atoms with van der Waals surface area (Å²) < 4.78 is 8.72. The van der Waals surface area contributed by atoms with Crippen molar-refractivity contribution in [3.8, 4) is 0 Å². The van der Waals surface area contributed by atoms with E-state index in [1.807, 2.05) is 6.33 Å². The van der Waals surface area contributed by atoms with Crippen LogP contribution in [0.3, 0.4) is 0 Å². The van der Waals surface area contributed by atoms with E-state index in [1.165, 1.54) is 6.33 Å². The first-order chi connectivity index (χ1) is 10.7. The van der Waals surface area contributed by atoms with E-state index in [1.54, 1.807) is 0 Å². The second kappa shape index (κ2) is 5.56. The molecule has 7 heteroatoms. The molecule has 0 aromatic carbocycles. The lowest BCUT2D eigenvalue weighted by Crippen LogP contribution is -2.43. The summed E-state index contributed by atoms with van der Waals surface area (Å²) in [6.07, 6.45) is 6.81. The van der Waals surface area contributed by atoms with Crippen molar-refractivity contribution >= 4 is 25.3 Å². The molecular formula is C16H27N5OSi. The van der Waals surface area contributed by atoms with Crippen LogP contribution in [-0.2, 0) is 4.43 Å². The molecule has 0 radical (unpaired) electrons. The molecule has 2 aromatic heterocycles. The quantitative estimate of drug-likeness (QED) is 0.869. The number of anilines is 1. The van der Waals surface area contributed by atoms with Crippen molar-refractivity contribution in [2.24, 2.45) is 0 Å². The van der Waals surface area contributed by atoms with E-state index in [2.05, 4.69) is 53.4 Å². The minimum Gasteiger partial charge on any atom is -0.414 e. The number of imidazole rings is 1. The monoisotopic (exact) mass is 333 g/mol. The third-order valence-corrected chi connectivity index (χ3v) is 9.95. The Hall–Kier alpha value is -1.47. The number of aromatic nitrogens is 4. The summed E-state index contributed by atoms with van der Waals surface area (Å²) in [5.74, 6) is 0.501. The van der Waals surface area contributed by atoms with Gasteiger partial charge in [-0.2, -0.15) is 0 Å². The van der Waals surface area contributed by atoms with Crippen molar-refractivity contribution in [1.82, 2.24) is 19.5 Å². The van der Waals surface area contributed by atoms with Gasteiger partial charge in [0.05, 0.1) is 6.33 Å². The van der Waals surface area contributed by atoms with Gasteiger partial charge in [0, 0.05) is 12.1 Å². The van der Waals surface area contributed by atoms with E-state index >= 15 is 0 Å². The van der Waals surface area contributed by atoms with Gasteiger partial charge < -0.3 is 14.7 Å². The van der Waals surface area contributed by atoms with Crippen LogP contribution in [0.4, 0.5) is 5.82 Å². The van der Waals surface area contributed by atoms with Crippen molar-refractivity contribution in [2.75, 3.05) is 5.73 Å². The average Bonchev–Trinajstić information content (AvgIpc) is 3.03. The van der Waals surface area contributed by atoms with Gasteiger partial charge in [-0.1, -0.05) is 20.8 Å². The number of hydrogen-bond acceptors (Lipinski definition) is 5. The highest BCUT2D eigenvalue weighted by Gasteiger charge is 2.41. The van der Waals surface area contributed by atoms with Crippen molar-refractivity contribution < 1.29 is 4.43 Å². The Morgan fingerprint density at radius 1 is 1.22 bits per heavy atom. The van der Waals surface area contributed by atoms with Crippen molar-refractivity contribution in [1.29, 1.82) is 0 Å². The number of fused-ring (bicyclic) bond motifs is 1. The molecule has 2 aromatic rings. The topological polar surface area (TPSA) is 78.8 Å². The summed E-state index contributed by atoms with van der Waals surface area (Å²) in [6.45, 7) is 11.5. The zero-order valence-electron chi connectivity index (χ0n) is 14.7. The molecule has 2 atom stereocenters. The number of hydrogen-bond donors (Lipinski definition) is 1. The number of nitrogens with two attached hydrogens (primary N) is 1. The summed E-state index contributed by atoms with van der Waals surface area (Å²) in [5.41, 5.74) is 7.55. The van der Waals surface area contributed by atoms with Gasteiger partial charge in [-0.15, -0.1) is 0 Å².